The van der Waals surface area contributed by atoms with Gasteiger partial charge in [-0.3, -0.25) is 9.59 Å². The Bertz CT molecular complexity index is 1370. The Balaban J connectivity index is 1.53. The molecule has 0 spiro atoms. The number of methoxy groups -OCH3 is 1. The second-order valence-electron chi connectivity index (χ2n) is 8.88. The molecule has 0 radical (unpaired) electrons. The molecular weight excluding hydrogens is 468 g/mol. The van der Waals surface area contributed by atoms with E-state index in [9.17, 15) is 14.7 Å². The number of rotatable bonds is 9. The van der Waals surface area contributed by atoms with Crippen LogP contribution in [0.3, 0.4) is 0 Å². The Hall–Kier alpha value is -4.59. The lowest BCUT2D eigenvalue weighted by atomic mass is 10.1. The number of benzene rings is 3. The molecule has 0 fully saturated rings. The Morgan fingerprint density at radius 3 is 2.32 bits per heavy atom. The van der Waals surface area contributed by atoms with Crippen molar-refractivity contribution in [2.24, 2.45) is 0 Å². The molecular formula is C29H30N4O4. The van der Waals surface area contributed by atoms with Gasteiger partial charge in [-0.05, 0) is 49.2 Å². The van der Waals surface area contributed by atoms with Gasteiger partial charge >= 0.3 is 0 Å². The van der Waals surface area contributed by atoms with Gasteiger partial charge in [-0.2, -0.15) is 0 Å². The van der Waals surface area contributed by atoms with Crippen LogP contribution < -0.4 is 10.1 Å². The van der Waals surface area contributed by atoms with Gasteiger partial charge in [-0.25, -0.2) is 4.68 Å². The largest absolute Gasteiger partial charge is 0.504 e. The topological polar surface area (TPSA) is 96.7 Å². The first-order valence-electron chi connectivity index (χ1n) is 12.0. The maximum atomic E-state index is 13.1. The number of carbonyl (C=O) groups is 2. The molecule has 4 aromatic rings. The van der Waals surface area contributed by atoms with Crippen LogP contribution in [0, 0.1) is 0 Å². The number of nitrogens with zero attached hydrogens (tertiary/aromatic N) is 3. The molecule has 1 heterocycles. The lowest BCUT2D eigenvalue weighted by Crippen LogP contribution is -2.43. The van der Waals surface area contributed by atoms with Gasteiger partial charge in [0.25, 0.3) is 0 Å². The molecule has 2 N–H and O–H groups in total. The van der Waals surface area contributed by atoms with Gasteiger partial charge in [0.1, 0.15) is 6.54 Å². The second-order valence-corrected chi connectivity index (χ2v) is 8.88. The van der Waals surface area contributed by atoms with Crippen molar-refractivity contribution in [3.8, 4) is 28.3 Å². The lowest BCUT2D eigenvalue weighted by molar-refractivity contribution is -0.135. The number of aromatic hydroxyl groups is 1. The third-order valence-electron chi connectivity index (χ3n) is 5.93. The maximum absolute atomic E-state index is 13.1. The molecule has 0 unspecified atom stereocenters. The first-order valence-corrected chi connectivity index (χ1v) is 12.0. The zero-order valence-electron chi connectivity index (χ0n) is 21.1. The Morgan fingerprint density at radius 2 is 1.70 bits per heavy atom. The molecule has 4 rings (SSSR count). The van der Waals surface area contributed by atoms with Crippen LogP contribution in [0.1, 0.15) is 19.4 Å². The minimum atomic E-state index is -0.352. The van der Waals surface area contributed by atoms with E-state index in [4.69, 9.17) is 4.74 Å². The average Bonchev–Trinajstić information content (AvgIpc) is 3.32. The van der Waals surface area contributed by atoms with Crippen LogP contribution in [0.2, 0.25) is 0 Å². The Morgan fingerprint density at radius 1 is 1.03 bits per heavy atom. The number of carbonyl (C=O) groups excluding carboxylic acids is 2. The second kappa shape index (κ2) is 11.4. The summed E-state index contributed by atoms with van der Waals surface area (Å²) in [4.78, 5) is 27.7. The highest BCUT2D eigenvalue weighted by atomic mass is 16.5. The standard InChI is InChI=1S/C29H30N4O4/c1-20(2)32(28(36)17-21-14-15-26(37-3)25(34)16-21)19-27(35)30-29-24(22-10-6-4-7-11-22)18-33(31-29)23-12-8-5-9-13-23/h4-16,18,20,34H,17,19H2,1-3H3,(H,30,31,35). The molecule has 0 aliphatic carbocycles. The van der Waals surface area contributed by atoms with Crippen molar-refractivity contribution in [3.63, 3.8) is 0 Å². The smallest absolute Gasteiger partial charge is 0.245 e. The SMILES string of the molecule is COc1ccc(CC(=O)N(CC(=O)Nc2nn(-c3ccccc3)cc2-c2ccccc2)C(C)C)cc1O. The quantitative estimate of drug-likeness (QED) is 0.350. The van der Waals surface area contributed by atoms with Gasteiger partial charge in [-0.15, -0.1) is 5.10 Å². The normalized spacial score (nSPS) is 10.8. The highest BCUT2D eigenvalue weighted by Crippen LogP contribution is 2.29. The fraction of sp³-hybridized carbons (Fsp3) is 0.207. The zero-order chi connectivity index (χ0) is 26.4. The fourth-order valence-electron chi connectivity index (χ4n) is 4.01. The number of amides is 2. The molecule has 0 bridgehead atoms. The van der Waals surface area contributed by atoms with Crippen LogP contribution in [0.5, 0.6) is 11.5 Å². The summed E-state index contributed by atoms with van der Waals surface area (Å²) in [5.41, 5.74) is 3.18. The van der Waals surface area contributed by atoms with Crippen molar-refractivity contribution in [1.29, 1.82) is 0 Å². The number of phenols is 1. The first kappa shape index (κ1) is 25.5. The summed E-state index contributed by atoms with van der Waals surface area (Å²) in [6.07, 6.45) is 1.92. The number of hydrogen-bond acceptors (Lipinski definition) is 5. The van der Waals surface area contributed by atoms with Crippen molar-refractivity contribution in [3.05, 3.63) is 90.6 Å². The third kappa shape index (κ3) is 6.16. The van der Waals surface area contributed by atoms with Crippen molar-refractivity contribution in [2.75, 3.05) is 19.0 Å². The molecule has 0 atom stereocenters. The minimum absolute atomic E-state index is 0.0379. The van der Waals surface area contributed by atoms with E-state index in [-0.39, 0.29) is 36.6 Å². The summed E-state index contributed by atoms with van der Waals surface area (Å²) in [6.45, 7) is 3.58. The van der Waals surface area contributed by atoms with E-state index in [1.807, 2.05) is 80.7 Å². The van der Waals surface area contributed by atoms with E-state index < -0.39 is 0 Å². The van der Waals surface area contributed by atoms with Crippen LogP contribution in [0.15, 0.2) is 85.1 Å². The summed E-state index contributed by atoms with van der Waals surface area (Å²) in [5.74, 6) is 0.128. The number of ether oxygens (including phenoxy) is 1. The van der Waals surface area contributed by atoms with Crippen LogP contribution >= 0.6 is 0 Å². The predicted octanol–water partition coefficient (Wildman–Crippen LogP) is 4.67. The summed E-state index contributed by atoms with van der Waals surface area (Å²) >= 11 is 0. The van der Waals surface area contributed by atoms with Gasteiger partial charge in [0.05, 0.1) is 19.2 Å². The minimum Gasteiger partial charge on any atom is -0.504 e. The molecule has 2 amide bonds. The molecule has 3 aromatic carbocycles. The number of para-hydroxylation sites is 1. The molecule has 8 heteroatoms. The summed E-state index contributed by atoms with van der Waals surface area (Å²) < 4.78 is 6.79. The van der Waals surface area contributed by atoms with Crippen molar-refractivity contribution < 1.29 is 19.4 Å². The maximum Gasteiger partial charge on any atom is 0.245 e. The monoisotopic (exact) mass is 498 g/mol. The Kier molecular flexibility index (Phi) is 7.88. The number of anilines is 1. The van der Waals surface area contributed by atoms with Crippen molar-refractivity contribution >= 4 is 17.6 Å². The highest BCUT2D eigenvalue weighted by molar-refractivity contribution is 5.97. The van der Waals surface area contributed by atoms with E-state index in [1.54, 1.807) is 16.8 Å². The number of phenolic OH excluding ortho intramolecular Hbond substituents is 1. The highest BCUT2D eigenvalue weighted by Gasteiger charge is 2.22. The van der Waals surface area contributed by atoms with Crippen molar-refractivity contribution in [1.82, 2.24) is 14.7 Å². The molecule has 0 saturated carbocycles. The van der Waals surface area contributed by atoms with E-state index in [0.717, 1.165) is 16.8 Å². The molecule has 37 heavy (non-hydrogen) atoms. The van der Waals surface area contributed by atoms with E-state index in [0.29, 0.717) is 17.1 Å². The lowest BCUT2D eigenvalue weighted by Gasteiger charge is -2.26. The van der Waals surface area contributed by atoms with Gasteiger partial charge < -0.3 is 20.1 Å². The molecule has 190 valence electrons. The average molecular weight is 499 g/mol. The first-order chi connectivity index (χ1) is 17.9. The molecule has 0 aliphatic heterocycles. The summed E-state index contributed by atoms with van der Waals surface area (Å²) in [6, 6.07) is 24.0. The van der Waals surface area contributed by atoms with Crippen LogP contribution in [0.25, 0.3) is 16.8 Å². The molecule has 0 saturated heterocycles. The molecule has 8 nitrogen and oxygen atoms in total. The Labute approximate surface area is 216 Å². The van der Waals surface area contributed by atoms with Crippen molar-refractivity contribution in [2.45, 2.75) is 26.3 Å². The molecule has 1 aromatic heterocycles. The van der Waals surface area contributed by atoms with Gasteiger partial charge in [0, 0.05) is 17.8 Å². The number of aromatic nitrogens is 2. The summed E-state index contributed by atoms with van der Waals surface area (Å²) in [5, 5.41) is 17.6. The van der Waals surface area contributed by atoms with Gasteiger partial charge in [0.15, 0.2) is 17.3 Å². The third-order valence-corrected chi connectivity index (χ3v) is 5.93. The predicted molar refractivity (Wildman–Crippen MR) is 143 cm³/mol. The van der Waals surface area contributed by atoms with Crippen LogP contribution in [-0.4, -0.2) is 51.3 Å². The van der Waals surface area contributed by atoms with E-state index in [1.165, 1.54) is 18.1 Å². The molecule has 0 aliphatic rings. The van der Waals surface area contributed by atoms with Gasteiger partial charge in [0.2, 0.25) is 11.8 Å². The van der Waals surface area contributed by atoms with Crippen LogP contribution in [-0.2, 0) is 16.0 Å². The number of nitrogens with one attached hydrogen (secondary N) is 1. The fourth-order valence-corrected chi connectivity index (χ4v) is 4.01. The van der Waals surface area contributed by atoms with Crippen LogP contribution in [0.4, 0.5) is 5.82 Å². The summed E-state index contributed by atoms with van der Waals surface area (Å²) in [7, 11) is 1.46. The van der Waals surface area contributed by atoms with E-state index >= 15 is 0 Å². The zero-order valence-corrected chi connectivity index (χ0v) is 21.1. The van der Waals surface area contributed by atoms with Gasteiger partial charge in [-0.1, -0.05) is 54.6 Å². The van der Waals surface area contributed by atoms with E-state index in [2.05, 4.69) is 10.4 Å². The number of hydrogen-bond donors (Lipinski definition) is 2.